The lowest BCUT2D eigenvalue weighted by Gasteiger charge is -2.15. The standard InChI is InChI=1S/C13H15N3O2S/c1-3-15(2)11(17)8-16-12(18)9-6-4-5-7-10(9)14-13(16)19/h4-7H,3,8H2,1-2H3,(H,14,19). The van der Waals surface area contributed by atoms with Crippen LogP contribution in [0, 0.1) is 4.77 Å². The number of para-hydroxylation sites is 1. The number of carbonyl (C=O) groups excluding carboxylic acids is 1. The second-order valence-electron chi connectivity index (χ2n) is 4.27. The summed E-state index contributed by atoms with van der Waals surface area (Å²) in [5, 5.41) is 0.531. The molecule has 0 unspecified atom stereocenters. The highest BCUT2D eigenvalue weighted by Gasteiger charge is 2.11. The Morgan fingerprint density at radius 2 is 2.11 bits per heavy atom. The van der Waals surface area contributed by atoms with Crippen molar-refractivity contribution in [3.8, 4) is 0 Å². The maximum atomic E-state index is 12.3. The second kappa shape index (κ2) is 5.36. The van der Waals surface area contributed by atoms with Crippen molar-refractivity contribution in [3.63, 3.8) is 0 Å². The van der Waals surface area contributed by atoms with Gasteiger partial charge >= 0.3 is 0 Å². The zero-order valence-corrected chi connectivity index (χ0v) is 11.7. The molecule has 0 fully saturated rings. The number of carbonyl (C=O) groups is 1. The number of likely N-dealkylation sites (N-methyl/N-ethyl adjacent to an activating group) is 1. The topological polar surface area (TPSA) is 58.1 Å². The Labute approximate surface area is 115 Å². The van der Waals surface area contributed by atoms with Crippen molar-refractivity contribution in [2.45, 2.75) is 13.5 Å². The minimum absolute atomic E-state index is 0.0384. The Balaban J connectivity index is 2.53. The summed E-state index contributed by atoms with van der Waals surface area (Å²) >= 11 is 5.14. The van der Waals surface area contributed by atoms with Crippen LogP contribution in [0.4, 0.5) is 0 Å². The molecular formula is C13H15N3O2S. The van der Waals surface area contributed by atoms with Gasteiger partial charge in [-0.3, -0.25) is 14.2 Å². The molecule has 1 aromatic heterocycles. The molecule has 5 nitrogen and oxygen atoms in total. The van der Waals surface area contributed by atoms with Gasteiger partial charge in [0.15, 0.2) is 4.77 Å². The Kier molecular flexibility index (Phi) is 3.80. The lowest BCUT2D eigenvalue weighted by molar-refractivity contribution is -0.130. The molecule has 0 saturated heterocycles. The summed E-state index contributed by atoms with van der Waals surface area (Å²) in [7, 11) is 1.70. The normalized spacial score (nSPS) is 10.6. The van der Waals surface area contributed by atoms with Crippen LogP contribution in [-0.2, 0) is 11.3 Å². The second-order valence-corrected chi connectivity index (χ2v) is 4.66. The maximum Gasteiger partial charge on any atom is 0.262 e. The van der Waals surface area contributed by atoms with Gasteiger partial charge in [0.2, 0.25) is 5.91 Å². The first-order valence-electron chi connectivity index (χ1n) is 6.00. The third-order valence-corrected chi connectivity index (χ3v) is 3.41. The third kappa shape index (κ3) is 2.58. The van der Waals surface area contributed by atoms with Gasteiger partial charge in [-0.2, -0.15) is 0 Å². The molecule has 0 bridgehead atoms. The van der Waals surface area contributed by atoms with Crippen LogP contribution in [0.1, 0.15) is 6.92 Å². The summed E-state index contributed by atoms with van der Waals surface area (Å²) in [4.78, 5) is 28.7. The summed E-state index contributed by atoms with van der Waals surface area (Å²) in [6.45, 7) is 2.43. The van der Waals surface area contributed by atoms with Gasteiger partial charge in [0.25, 0.3) is 5.56 Å². The summed E-state index contributed by atoms with van der Waals surface area (Å²) in [6, 6.07) is 7.11. The molecule has 6 heteroatoms. The lowest BCUT2D eigenvalue weighted by atomic mass is 10.2. The van der Waals surface area contributed by atoms with Crippen LogP contribution in [0.5, 0.6) is 0 Å². The van der Waals surface area contributed by atoms with E-state index >= 15 is 0 Å². The molecule has 0 aliphatic rings. The molecule has 0 aliphatic heterocycles. The molecule has 100 valence electrons. The van der Waals surface area contributed by atoms with Crippen LogP contribution < -0.4 is 5.56 Å². The molecule has 1 amide bonds. The maximum absolute atomic E-state index is 12.3. The zero-order valence-electron chi connectivity index (χ0n) is 10.8. The van der Waals surface area contributed by atoms with Crippen LogP contribution in [-0.4, -0.2) is 34.0 Å². The number of fused-ring (bicyclic) bond motifs is 1. The van der Waals surface area contributed by atoms with Crippen molar-refractivity contribution in [1.82, 2.24) is 14.5 Å². The van der Waals surface area contributed by atoms with Gasteiger partial charge in [-0.15, -0.1) is 0 Å². The van der Waals surface area contributed by atoms with E-state index in [4.69, 9.17) is 12.2 Å². The van der Waals surface area contributed by atoms with E-state index < -0.39 is 0 Å². The number of benzene rings is 1. The smallest absolute Gasteiger partial charge is 0.262 e. The van der Waals surface area contributed by atoms with Crippen molar-refractivity contribution in [1.29, 1.82) is 0 Å². The monoisotopic (exact) mass is 277 g/mol. The van der Waals surface area contributed by atoms with E-state index in [0.717, 1.165) is 0 Å². The SMILES string of the molecule is CCN(C)C(=O)Cn1c(=S)[nH]c2ccccc2c1=O. The highest BCUT2D eigenvalue weighted by molar-refractivity contribution is 7.71. The predicted molar refractivity (Wildman–Crippen MR) is 76.7 cm³/mol. The van der Waals surface area contributed by atoms with Gasteiger partial charge in [-0.25, -0.2) is 0 Å². The molecule has 1 aromatic carbocycles. The average Bonchev–Trinajstić information content (AvgIpc) is 2.42. The number of hydrogen-bond donors (Lipinski definition) is 1. The zero-order chi connectivity index (χ0) is 14.0. The van der Waals surface area contributed by atoms with Crippen molar-refractivity contribution < 1.29 is 4.79 Å². The van der Waals surface area contributed by atoms with Gasteiger partial charge in [-0.1, -0.05) is 12.1 Å². The first-order chi connectivity index (χ1) is 9.04. The highest BCUT2D eigenvalue weighted by atomic mass is 32.1. The van der Waals surface area contributed by atoms with E-state index in [2.05, 4.69) is 4.98 Å². The van der Waals surface area contributed by atoms with E-state index in [0.29, 0.717) is 17.4 Å². The van der Waals surface area contributed by atoms with Crippen LogP contribution in [0.2, 0.25) is 0 Å². The van der Waals surface area contributed by atoms with Gasteiger partial charge in [0, 0.05) is 13.6 Å². The number of aromatic nitrogens is 2. The Morgan fingerprint density at radius 1 is 1.42 bits per heavy atom. The van der Waals surface area contributed by atoms with E-state index in [1.165, 1.54) is 4.57 Å². The Morgan fingerprint density at radius 3 is 2.79 bits per heavy atom. The van der Waals surface area contributed by atoms with Gasteiger partial charge < -0.3 is 9.88 Å². The first-order valence-corrected chi connectivity index (χ1v) is 6.41. The predicted octanol–water partition coefficient (Wildman–Crippen LogP) is 1.54. The van der Waals surface area contributed by atoms with Gasteiger partial charge in [0.05, 0.1) is 10.9 Å². The number of H-pyrrole nitrogens is 1. The summed E-state index contributed by atoms with van der Waals surface area (Å²) in [5.74, 6) is -0.139. The van der Waals surface area contributed by atoms with Crippen molar-refractivity contribution in [2.75, 3.05) is 13.6 Å². The van der Waals surface area contributed by atoms with Gasteiger partial charge in [-0.05, 0) is 31.3 Å². The molecule has 2 aromatic rings. The summed E-state index contributed by atoms with van der Waals surface area (Å²) in [5.41, 5.74) is 0.447. The Bertz CT molecular complexity index is 732. The van der Waals surface area contributed by atoms with Gasteiger partial charge in [0.1, 0.15) is 6.54 Å². The molecule has 1 heterocycles. The average molecular weight is 277 g/mol. The number of nitrogens with zero attached hydrogens (tertiary/aromatic N) is 2. The third-order valence-electron chi connectivity index (χ3n) is 3.08. The fraction of sp³-hybridized carbons (Fsp3) is 0.308. The molecular weight excluding hydrogens is 262 g/mol. The van der Waals surface area contributed by atoms with Crippen LogP contribution >= 0.6 is 12.2 Å². The summed E-state index contributed by atoms with van der Waals surface area (Å²) < 4.78 is 1.56. The number of amides is 1. The van der Waals surface area contributed by atoms with Crippen molar-refractivity contribution in [2.24, 2.45) is 0 Å². The number of rotatable bonds is 3. The van der Waals surface area contributed by atoms with Crippen LogP contribution in [0.3, 0.4) is 0 Å². The number of hydrogen-bond acceptors (Lipinski definition) is 3. The number of aromatic amines is 1. The lowest BCUT2D eigenvalue weighted by Crippen LogP contribution is -2.34. The van der Waals surface area contributed by atoms with Crippen LogP contribution in [0.25, 0.3) is 10.9 Å². The largest absolute Gasteiger partial charge is 0.344 e. The minimum atomic E-state index is -0.239. The molecule has 0 atom stereocenters. The van der Waals surface area contributed by atoms with E-state index in [-0.39, 0.29) is 22.8 Å². The highest BCUT2D eigenvalue weighted by Crippen LogP contribution is 2.06. The number of nitrogens with one attached hydrogen (secondary N) is 1. The molecule has 2 rings (SSSR count). The molecule has 19 heavy (non-hydrogen) atoms. The minimum Gasteiger partial charge on any atom is -0.344 e. The van der Waals surface area contributed by atoms with E-state index in [1.54, 1.807) is 30.1 Å². The van der Waals surface area contributed by atoms with Crippen molar-refractivity contribution in [3.05, 3.63) is 39.4 Å². The van der Waals surface area contributed by atoms with E-state index in [9.17, 15) is 9.59 Å². The van der Waals surface area contributed by atoms with E-state index in [1.807, 2.05) is 13.0 Å². The molecule has 0 saturated carbocycles. The quantitative estimate of drug-likeness (QED) is 0.866. The van der Waals surface area contributed by atoms with Crippen LogP contribution in [0.15, 0.2) is 29.1 Å². The molecule has 0 spiro atoms. The Hall–Kier alpha value is -1.95. The first kappa shape index (κ1) is 13.5. The molecule has 0 aliphatic carbocycles. The fourth-order valence-electron chi connectivity index (χ4n) is 1.77. The van der Waals surface area contributed by atoms with Crippen molar-refractivity contribution >= 4 is 29.0 Å². The summed E-state index contributed by atoms with van der Waals surface area (Å²) in [6.07, 6.45) is 0. The molecule has 1 N–H and O–H groups in total. The molecule has 0 radical (unpaired) electrons. The fourth-order valence-corrected chi connectivity index (χ4v) is 2.03.